The molecule has 17 heavy (non-hydrogen) atoms. The summed E-state index contributed by atoms with van der Waals surface area (Å²) in [6.07, 6.45) is 9.99. The van der Waals surface area contributed by atoms with Gasteiger partial charge in [0, 0.05) is 18.9 Å². The molecule has 0 saturated heterocycles. The van der Waals surface area contributed by atoms with Crippen LogP contribution in [0.3, 0.4) is 0 Å². The van der Waals surface area contributed by atoms with Crippen LogP contribution in [0, 0.1) is 0 Å². The maximum absolute atomic E-state index is 4.27. The van der Waals surface area contributed by atoms with Gasteiger partial charge in [0.05, 0.1) is 0 Å². The summed E-state index contributed by atoms with van der Waals surface area (Å²) in [6, 6.07) is 0.828. The van der Waals surface area contributed by atoms with E-state index in [0.29, 0.717) is 0 Å². The molecule has 0 radical (unpaired) electrons. The highest BCUT2D eigenvalue weighted by atomic mass is 32.1. The average molecular weight is 253 g/mol. The third-order valence-electron chi connectivity index (χ3n) is 3.08. The molecule has 0 atom stereocenters. The molecule has 4 heteroatoms. The Morgan fingerprint density at radius 3 is 2.47 bits per heavy atom. The summed E-state index contributed by atoms with van der Waals surface area (Å²) in [4.78, 5) is 0. The minimum Gasteiger partial charge on any atom is -0.314 e. The predicted octanol–water partition coefficient (Wildman–Crippen LogP) is 2.96. The van der Waals surface area contributed by atoms with Crippen LogP contribution in [-0.2, 0) is 12.8 Å². The number of aromatic nitrogens is 2. The van der Waals surface area contributed by atoms with E-state index in [1.807, 2.05) is 11.3 Å². The number of hydrogen-bond donors (Lipinski definition) is 1. The Labute approximate surface area is 108 Å². The number of rotatable bonds is 9. The molecule has 1 N–H and O–H groups in total. The third-order valence-corrected chi connectivity index (χ3v) is 4.12. The standard InChI is InChI=1S/C13H23N3S/c1-2-3-4-6-12-15-16-13(17-12)7-5-10-14-11-8-9-11/h11,14H,2-10H2,1H3. The zero-order chi connectivity index (χ0) is 11.9. The first kappa shape index (κ1) is 13.0. The summed E-state index contributed by atoms with van der Waals surface area (Å²) in [6.45, 7) is 3.37. The van der Waals surface area contributed by atoms with Crippen molar-refractivity contribution < 1.29 is 0 Å². The van der Waals surface area contributed by atoms with E-state index >= 15 is 0 Å². The van der Waals surface area contributed by atoms with Crippen LogP contribution in [0.2, 0.25) is 0 Å². The number of aryl methyl sites for hydroxylation is 2. The molecule has 0 spiro atoms. The lowest BCUT2D eigenvalue weighted by molar-refractivity contribution is 0.642. The smallest absolute Gasteiger partial charge is 0.117 e. The SMILES string of the molecule is CCCCCc1nnc(CCCNC2CC2)s1. The molecule has 0 unspecified atom stereocenters. The number of nitrogens with one attached hydrogen (secondary N) is 1. The molecule has 0 bridgehead atoms. The fourth-order valence-electron chi connectivity index (χ4n) is 1.85. The van der Waals surface area contributed by atoms with E-state index in [4.69, 9.17) is 0 Å². The molecule has 3 nitrogen and oxygen atoms in total. The van der Waals surface area contributed by atoms with Gasteiger partial charge in [-0.05, 0) is 32.2 Å². The molecular weight excluding hydrogens is 230 g/mol. The monoisotopic (exact) mass is 253 g/mol. The van der Waals surface area contributed by atoms with Gasteiger partial charge < -0.3 is 5.32 Å². The van der Waals surface area contributed by atoms with Crippen LogP contribution < -0.4 is 5.32 Å². The van der Waals surface area contributed by atoms with E-state index < -0.39 is 0 Å². The van der Waals surface area contributed by atoms with Crippen molar-refractivity contribution in [2.45, 2.75) is 64.3 Å². The van der Waals surface area contributed by atoms with Crippen molar-refractivity contribution in [3.63, 3.8) is 0 Å². The van der Waals surface area contributed by atoms with Gasteiger partial charge in [0.25, 0.3) is 0 Å². The van der Waals surface area contributed by atoms with Crippen molar-refractivity contribution in [1.82, 2.24) is 15.5 Å². The molecule has 1 aromatic heterocycles. The summed E-state index contributed by atoms with van der Waals surface area (Å²) in [7, 11) is 0. The number of hydrogen-bond acceptors (Lipinski definition) is 4. The van der Waals surface area contributed by atoms with E-state index in [1.165, 1.54) is 48.5 Å². The van der Waals surface area contributed by atoms with Crippen LogP contribution in [-0.4, -0.2) is 22.8 Å². The highest BCUT2D eigenvalue weighted by Gasteiger charge is 2.19. The van der Waals surface area contributed by atoms with Crippen LogP contribution in [0.25, 0.3) is 0 Å². The van der Waals surface area contributed by atoms with Crippen LogP contribution >= 0.6 is 11.3 Å². The molecular formula is C13H23N3S. The van der Waals surface area contributed by atoms with Crippen LogP contribution in [0.5, 0.6) is 0 Å². The molecule has 0 amide bonds. The van der Waals surface area contributed by atoms with Gasteiger partial charge in [0.15, 0.2) is 0 Å². The van der Waals surface area contributed by atoms with Crippen LogP contribution in [0.4, 0.5) is 0 Å². The quantitative estimate of drug-likeness (QED) is 0.688. The number of unbranched alkanes of at least 4 members (excludes halogenated alkanes) is 2. The van der Waals surface area contributed by atoms with E-state index in [-0.39, 0.29) is 0 Å². The second kappa shape index (κ2) is 7.07. The predicted molar refractivity (Wildman–Crippen MR) is 72.5 cm³/mol. The maximum Gasteiger partial charge on any atom is 0.117 e. The minimum absolute atomic E-state index is 0.828. The van der Waals surface area contributed by atoms with E-state index in [9.17, 15) is 0 Å². The fraction of sp³-hybridized carbons (Fsp3) is 0.846. The van der Waals surface area contributed by atoms with Crippen molar-refractivity contribution >= 4 is 11.3 Å². The van der Waals surface area contributed by atoms with Crippen molar-refractivity contribution in [2.75, 3.05) is 6.54 Å². The van der Waals surface area contributed by atoms with Gasteiger partial charge in [-0.3, -0.25) is 0 Å². The molecule has 1 fully saturated rings. The zero-order valence-corrected chi connectivity index (χ0v) is 11.6. The highest BCUT2D eigenvalue weighted by molar-refractivity contribution is 7.11. The molecule has 2 rings (SSSR count). The molecule has 1 aliphatic carbocycles. The first-order valence-corrected chi connectivity index (χ1v) is 7.74. The van der Waals surface area contributed by atoms with Gasteiger partial charge in [-0.15, -0.1) is 21.5 Å². The van der Waals surface area contributed by atoms with Crippen LogP contribution in [0.15, 0.2) is 0 Å². The lowest BCUT2D eigenvalue weighted by Crippen LogP contribution is -2.17. The molecule has 1 heterocycles. The van der Waals surface area contributed by atoms with E-state index in [2.05, 4.69) is 22.4 Å². The Morgan fingerprint density at radius 1 is 1.12 bits per heavy atom. The fourth-order valence-corrected chi connectivity index (χ4v) is 2.78. The summed E-state index contributed by atoms with van der Waals surface area (Å²) in [5, 5.41) is 14.5. The van der Waals surface area contributed by atoms with Gasteiger partial charge in [0.2, 0.25) is 0 Å². The van der Waals surface area contributed by atoms with Crippen molar-refractivity contribution in [1.29, 1.82) is 0 Å². The maximum atomic E-state index is 4.27. The first-order chi connectivity index (χ1) is 8.38. The van der Waals surface area contributed by atoms with E-state index in [1.54, 1.807) is 0 Å². The Balaban J connectivity index is 1.59. The van der Waals surface area contributed by atoms with Gasteiger partial charge in [-0.25, -0.2) is 0 Å². The Morgan fingerprint density at radius 2 is 1.82 bits per heavy atom. The summed E-state index contributed by atoms with van der Waals surface area (Å²) in [5.41, 5.74) is 0. The molecule has 0 aromatic carbocycles. The van der Waals surface area contributed by atoms with Crippen molar-refractivity contribution in [3.05, 3.63) is 10.0 Å². The van der Waals surface area contributed by atoms with Crippen molar-refractivity contribution in [2.24, 2.45) is 0 Å². The molecule has 1 saturated carbocycles. The van der Waals surface area contributed by atoms with E-state index in [0.717, 1.165) is 25.4 Å². The van der Waals surface area contributed by atoms with Gasteiger partial charge >= 0.3 is 0 Å². The van der Waals surface area contributed by atoms with Crippen LogP contribution in [0.1, 0.15) is 55.5 Å². The second-order valence-corrected chi connectivity index (χ2v) is 6.03. The molecule has 1 aromatic rings. The second-order valence-electron chi connectivity index (χ2n) is 4.88. The topological polar surface area (TPSA) is 37.8 Å². The van der Waals surface area contributed by atoms with Gasteiger partial charge in [-0.1, -0.05) is 19.8 Å². The summed E-state index contributed by atoms with van der Waals surface area (Å²) >= 11 is 1.81. The zero-order valence-electron chi connectivity index (χ0n) is 10.7. The summed E-state index contributed by atoms with van der Waals surface area (Å²) in [5.74, 6) is 0. The van der Waals surface area contributed by atoms with Crippen molar-refractivity contribution in [3.8, 4) is 0 Å². The third kappa shape index (κ3) is 5.13. The molecule has 0 aliphatic heterocycles. The summed E-state index contributed by atoms with van der Waals surface area (Å²) < 4.78 is 0. The largest absolute Gasteiger partial charge is 0.314 e. The van der Waals surface area contributed by atoms with Gasteiger partial charge in [-0.2, -0.15) is 0 Å². The normalized spacial score (nSPS) is 15.4. The highest BCUT2D eigenvalue weighted by Crippen LogP contribution is 2.19. The molecule has 1 aliphatic rings. The Kier molecular flexibility index (Phi) is 5.39. The average Bonchev–Trinajstić information content (AvgIpc) is 3.05. The molecule has 96 valence electrons. The Hall–Kier alpha value is -0.480. The minimum atomic E-state index is 0.828. The first-order valence-electron chi connectivity index (χ1n) is 6.93. The van der Waals surface area contributed by atoms with Gasteiger partial charge in [0.1, 0.15) is 10.0 Å². The number of nitrogens with zero attached hydrogens (tertiary/aromatic N) is 2. The lowest BCUT2D eigenvalue weighted by atomic mass is 10.2. The lowest BCUT2D eigenvalue weighted by Gasteiger charge is -1.99. The Bertz CT molecular complexity index is 320.